The van der Waals surface area contributed by atoms with Gasteiger partial charge in [-0.05, 0) is 19.8 Å². The van der Waals surface area contributed by atoms with E-state index in [-0.39, 0.29) is 23.5 Å². The van der Waals surface area contributed by atoms with Gasteiger partial charge in [-0.15, -0.1) is 0 Å². The second kappa shape index (κ2) is 5.52. The molecule has 0 bridgehead atoms. The topological polar surface area (TPSA) is 72.9 Å². The van der Waals surface area contributed by atoms with Gasteiger partial charge in [0.05, 0.1) is 24.9 Å². The summed E-state index contributed by atoms with van der Waals surface area (Å²) >= 11 is 0. The van der Waals surface area contributed by atoms with Crippen LogP contribution in [0.2, 0.25) is 0 Å². The second-order valence-electron chi connectivity index (χ2n) is 6.28. The lowest BCUT2D eigenvalue weighted by Gasteiger charge is -2.50. The first-order valence-corrected chi connectivity index (χ1v) is 9.32. The van der Waals surface area contributed by atoms with E-state index >= 15 is 0 Å². The number of ether oxygens (including phenoxy) is 2. The molecule has 120 valence electrons. The van der Waals surface area contributed by atoms with E-state index in [4.69, 9.17) is 9.47 Å². The monoisotopic (exact) mass is 317 g/mol. The molecule has 3 saturated heterocycles. The van der Waals surface area contributed by atoms with Gasteiger partial charge in [0.2, 0.25) is 5.91 Å². The first-order chi connectivity index (χ1) is 10.00. The van der Waals surface area contributed by atoms with Crippen molar-refractivity contribution in [3.63, 3.8) is 0 Å². The van der Waals surface area contributed by atoms with E-state index in [2.05, 4.69) is 0 Å². The Morgan fingerprint density at radius 3 is 2.76 bits per heavy atom. The highest BCUT2D eigenvalue weighted by atomic mass is 32.2. The van der Waals surface area contributed by atoms with Gasteiger partial charge >= 0.3 is 0 Å². The summed E-state index contributed by atoms with van der Waals surface area (Å²) < 4.78 is 34.8. The zero-order valence-corrected chi connectivity index (χ0v) is 13.2. The van der Waals surface area contributed by atoms with Crippen molar-refractivity contribution < 1.29 is 22.7 Å². The summed E-state index contributed by atoms with van der Waals surface area (Å²) in [5, 5.41) is 0. The highest BCUT2D eigenvalue weighted by Crippen LogP contribution is 2.45. The SMILES string of the molecule is CCOC[C@H]1CCS(=O)(=O)C12CN(C(=O)[C@@H]1CCOC1)C2. The van der Waals surface area contributed by atoms with Crippen molar-refractivity contribution in [2.45, 2.75) is 24.5 Å². The van der Waals surface area contributed by atoms with Gasteiger partial charge in [0, 0.05) is 32.2 Å². The first kappa shape index (κ1) is 15.2. The van der Waals surface area contributed by atoms with Gasteiger partial charge < -0.3 is 14.4 Å². The molecule has 0 saturated carbocycles. The fraction of sp³-hybridized carbons (Fsp3) is 0.929. The lowest BCUT2D eigenvalue weighted by atomic mass is 9.83. The largest absolute Gasteiger partial charge is 0.381 e. The van der Waals surface area contributed by atoms with Crippen molar-refractivity contribution in [1.29, 1.82) is 0 Å². The maximum atomic E-state index is 12.4. The van der Waals surface area contributed by atoms with Crippen LogP contribution in [0.3, 0.4) is 0 Å². The van der Waals surface area contributed by atoms with Crippen molar-refractivity contribution in [3.05, 3.63) is 0 Å². The number of rotatable bonds is 4. The molecule has 0 aromatic carbocycles. The smallest absolute Gasteiger partial charge is 0.228 e. The maximum Gasteiger partial charge on any atom is 0.228 e. The van der Waals surface area contributed by atoms with Gasteiger partial charge in [0.15, 0.2) is 9.84 Å². The molecule has 7 heteroatoms. The summed E-state index contributed by atoms with van der Waals surface area (Å²) in [5.74, 6) is 0.206. The first-order valence-electron chi connectivity index (χ1n) is 7.67. The van der Waals surface area contributed by atoms with Crippen molar-refractivity contribution in [2.24, 2.45) is 11.8 Å². The van der Waals surface area contributed by atoms with Gasteiger partial charge in [-0.25, -0.2) is 8.42 Å². The highest BCUT2D eigenvalue weighted by molar-refractivity contribution is 7.93. The van der Waals surface area contributed by atoms with E-state index in [1.165, 1.54) is 0 Å². The Bertz CT molecular complexity index is 505. The van der Waals surface area contributed by atoms with Crippen molar-refractivity contribution in [1.82, 2.24) is 4.90 Å². The van der Waals surface area contributed by atoms with Crippen LogP contribution >= 0.6 is 0 Å². The molecule has 2 atom stereocenters. The van der Waals surface area contributed by atoms with Crippen LogP contribution in [0.1, 0.15) is 19.8 Å². The van der Waals surface area contributed by atoms with Crippen LogP contribution in [0.5, 0.6) is 0 Å². The number of hydrogen-bond donors (Lipinski definition) is 0. The van der Waals surface area contributed by atoms with Crippen molar-refractivity contribution >= 4 is 15.7 Å². The Hall–Kier alpha value is -0.660. The molecule has 1 spiro atoms. The average Bonchev–Trinajstić information content (AvgIpc) is 3.00. The third-order valence-electron chi connectivity index (χ3n) is 5.13. The van der Waals surface area contributed by atoms with E-state index in [9.17, 15) is 13.2 Å². The number of amides is 1. The molecule has 3 rings (SSSR count). The minimum Gasteiger partial charge on any atom is -0.381 e. The standard InChI is InChI=1S/C14H23NO5S/c1-2-19-8-12-4-6-21(17,18)14(12)9-15(10-14)13(16)11-3-5-20-7-11/h11-12H,2-10H2,1H3/t11-,12-/m1/s1. The molecule has 0 N–H and O–H groups in total. The third-order valence-corrected chi connectivity index (χ3v) is 7.73. The summed E-state index contributed by atoms with van der Waals surface area (Å²) in [4.78, 5) is 14.0. The van der Waals surface area contributed by atoms with Crippen LogP contribution in [0.15, 0.2) is 0 Å². The Labute approximate surface area is 125 Å². The summed E-state index contributed by atoms with van der Waals surface area (Å²) in [7, 11) is -3.12. The molecule has 3 heterocycles. The summed E-state index contributed by atoms with van der Waals surface area (Å²) in [6.45, 7) is 4.74. The number of nitrogens with zero attached hydrogens (tertiary/aromatic N) is 1. The molecular weight excluding hydrogens is 294 g/mol. The van der Waals surface area contributed by atoms with Crippen molar-refractivity contribution in [3.8, 4) is 0 Å². The molecule has 21 heavy (non-hydrogen) atoms. The maximum absolute atomic E-state index is 12.4. The zero-order valence-electron chi connectivity index (χ0n) is 12.4. The van der Waals surface area contributed by atoms with Crippen LogP contribution in [-0.2, 0) is 24.1 Å². The molecular formula is C14H23NO5S. The van der Waals surface area contributed by atoms with E-state index < -0.39 is 14.6 Å². The van der Waals surface area contributed by atoms with Crippen LogP contribution < -0.4 is 0 Å². The average molecular weight is 317 g/mol. The Balaban J connectivity index is 1.68. The van der Waals surface area contributed by atoms with E-state index in [1.807, 2.05) is 6.92 Å². The van der Waals surface area contributed by atoms with Gasteiger partial charge in [0.1, 0.15) is 4.75 Å². The Morgan fingerprint density at radius 1 is 1.38 bits per heavy atom. The third kappa shape index (κ3) is 2.39. The molecule has 0 aromatic rings. The fourth-order valence-corrected chi connectivity index (χ4v) is 6.11. The van der Waals surface area contributed by atoms with Gasteiger partial charge in [-0.1, -0.05) is 0 Å². The molecule has 0 unspecified atom stereocenters. The lowest BCUT2D eigenvalue weighted by molar-refractivity contribution is -0.142. The van der Waals surface area contributed by atoms with Crippen LogP contribution in [-0.4, -0.2) is 69.2 Å². The Kier molecular flexibility index (Phi) is 4.00. The number of hydrogen-bond acceptors (Lipinski definition) is 5. The summed E-state index contributed by atoms with van der Waals surface area (Å²) in [6, 6.07) is 0. The zero-order chi connectivity index (χ0) is 15.1. The predicted octanol–water partition coefficient (Wildman–Crippen LogP) is 0.0751. The molecule has 0 radical (unpaired) electrons. The molecule has 0 aliphatic carbocycles. The van der Waals surface area contributed by atoms with Crippen molar-refractivity contribution in [2.75, 3.05) is 45.3 Å². The van der Waals surface area contributed by atoms with E-state index in [0.717, 1.165) is 6.42 Å². The molecule has 3 aliphatic rings. The van der Waals surface area contributed by atoms with Gasteiger partial charge in [-0.2, -0.15) is 0 Å². The normalized spacial score (nSPS) is 33.3. The quantitative estimate of drug-likeness (QED) is 0.734. The minimum absolute atomic E-state index is 0.0197. The lowest BCUT2D eigenvalue weighted by Crippen LogP contribution is -2.69. The second-order valence-corrected chi connectivity index (χ2v) is 8.73. The highest BCUT2D eigenvalue weighted by Gasteiger charge is 2.62. The molecule has 1 amide bonds. The van der Waals surface area contributed by atoms with Crippen LogP contribution in [0.25, 0.3) is 0 Å². The molecule has 0 aromatic heterocycles. The molecule has 3 aliphatic heterocycles. The number of carbonyl (C=O) groups excluding carboxylic acids is 1. The summed E-state index contributed by atoms with van der Waals surface area (Å²) in [5.41, 5.74) is 0. The van der Waals surface area contributed by atoms with E-state index in [1.54, 1.807) is 4.90 Å². The number of carbonyl (C=O) groups is 1. The number of likely N-dealkylation sites (tertiary alicyclic amines) is 1. The predicted molar refractivity (Wildman–Crippen MR) is 76.6 cm³/mol. The van der Waals surface area contributed by atoms with Crippen LogP contribution in [0, 0.1) is 11.8 Å². The minimum atomic E-state index is -3.12. The number of sulfone groups is 1. The van der Waals surface area contributed by atoms with E-state index in [0.29, 0.717) is 45.9 Å². The summed E-state index contributed by atoms with van der Waals surface area (Å²) in [6.07, 6.45) is 1.40. The molecule has 6 nitrogen and oxygen atoms in total. The van der Waals surface area contributed by atoms with Gasteiger partial charge in [0.25, 0.3) is 0 Å². The Morgan fingerprint density at radius 2 is 2.14 bits per heavy atom. The fourth-order valence-electron chi connectivity index (χ4n) is 3.71. The van der Waals surface area contributed by atoms with Crippen LogP contribution in [0.4, 0.5) is 0 Å². The molecule has 3 fully saturated rings. The van der Waals surface area contributed by atoms with Gasteiger partial charge in [-0.3, -0.25) is 4.79 Å².